The highest BCUT2D eigenvalue weighted by Crippen LogP contribution is 2.29. The lowest BCUT2D eigenvalue weighted by atomic mass is 10.0. The van der Waals surface area contributed by atoms with Crippen LogP contribution in [0.1, 0.15) is 35.0 Å². The summed E-state index contributed by atoms with van der Waals surface area (Å²) in [6.07, 6.45) is -0.524. The lowest BCUT2D eigenvalue weighted by Gasteiger charge is -2.10. The minimum atomic E-state index is -4.45. The Labute approximate surface area is 147 Å². The fourth-order valence-corrected chi connectivity index (χ4v) is 3.06. The number of rotatable bonds is 3. The van der Waals surface area contributed by atoms with E-state index in [2.05, 4.69) is 20.6 Å². The molecular weight excluding hydrogens is 343 g/mol. The van der Waals surface area contributed by atoms with Crippen molar-refractivity contribution in [3.63, 3.8) is 0 Å². The Bertz CT molecular complexity index is 954. The molecule has 0 fully saturated rings. The van der Waals surface area contributed by atoms with Crippen molar-refractivity contribution < 1.29 is 13.2 Å². The molecule has 0 bridgehead atoms. The Morgan fingerprint density at radius 2 is 2.04 bits per heavy atom. The van der Waals surface area contributed by atoms with Gasteiger partial charge in [-0.2, -0.15) is 23.4 Å². The molecule has 0 spiro atoms. The predicted octanol–water partition coefficient (Wildman–Crippen LogP) is 3.97. The van der Waals surface area contributed by atoms with Gasteiger partial charge in [0.1, 0.15) is 0 Å². The zero-order valence-electron chi connectivity index (χ0n) is 13.9. The topological polar surface area (TPSA) is 58.0 Å². The molecule has 3 heterocycles. The zero-order valence-corrected chi connectivity index (χ0v) is 13.9. The van der Waals surface area contributed by atoms with E-state index in [1.165, 1.54) is 10.9 Å². The normalized spacial score (nSPS) is 17.2. The van der Waals surface area contributed by atoms with Gasteiger partial charge in [-0.15, -0.1) is 0 Å². The lowest BCUT2D eigenvalue weighted by Crippen LogP contribution is -2.10. The average Bonchev–Trinajstić information content (AvgIpc) is 3.33. The Morgan fingerprint density at radius 3 is 2.69 bits per heavy atom. The summed E-state index contributed by atoms with van der Waals surface area (Å²) in [5.41, 5.74) is 6.55. The summed E-state index contributed by atoms with van der Waals surface area (Å²) in [5, 5.41) is 8.03. The van der Waals surface area contributed by atoms with Crippen LogP contribution in [0.2, 0.25) is 0 Å². The summed E-state index contributed by atoms with van der Waals surface area (Å²) in [7, 11) is 0. The number of alkyl halides is 3. The van der Waals surface area contributed by atoms with Gasteiger partial charge in [0, 0.05) is 24.5 Å². The van der Waals surface area contributed by atoms with E-state index in [0.717, 1.165) is 35.0 Å². The van der Waals surface area contributed by atoms with Crippen LogP contribution >= 0.6 is 0 Å². The molecule has 0 saturated carbocycles. The van der Waals surface area contributed by atoms with Crippen LogP contribution in [-0.4, -0.2) is 20.5 Å². The first kappa shape index (κ1) is 16.4. The summed E-state index contributed by atoms with van der Waals surface area (Å²) >= 11 is 0. The molecule has 8 heteroatoms. The van der Waals surface area contributed by atoms with Crippen LogP contribution < -0.4 is 5.43 Å². The van der Waals surface area contributed by atoms with Crippen LogP contribution in [0.5, 0.6) is 0 Å². The minimum Gasteiger partial charge on any atom is -0.363 e. The maximum Gasteiger partial charge on any atom is 0.435 e. The predicted molar refractivity (Wildman–Crippen MR) is 91.1 cm³/mol. The molecule has 26 heavy (non-hydrogen) atoms. The number of aromatic nitrogens is 3. The molecule has 1 aromatic carbocycles. The van der Waals surface area contributed by atoms with Crippen molar-refractivity contribution in [2.45, 2.75) is 25.6 Å². The summed E-state index contributed by atoms with van der Waals surface area (Å²) in [5.74, 6) is 0. The van der Waals surface area contributed by atoms with Crippen molar-refractivity contribution in [3.8, 4) is 5.69 Å². The average molecular weight is 359 g/mol. The molecule has 134 valence electrons. The molecule has 2 aromatic heterocycles. The van der Waals surface area contributed by atoms with Gasteiger partial charge >= 0.3 is 6.18 Å². The molecule has 3 aromatic rings. The second-order valence-electron chi connectivity index (χ2n) is 6.21. The van der Waals surface area contributed by atoms with E-state index in [-0.39, 0.29) is 6.04 Å². The first-order chi connectivity index (χ1) is 12.4. The number of hydrogen-bond acceptors (Lipinski definition) is 3. The number of benzene rings is 1. The summed E-state index contributed by atoms with van der Waals surface area (Å²) in [6.45, 7) is 1.85. The highest BCUT2D eigenvalue weighted by Gasteiger charge is 2.33. The standard InChI is InChI=1S/C18H16F3N5/c1-11-9-12(14-10-15(24-23-14)13-3-2-7-22-13)4-5-16(11)26-8-6-17(25-26)18(19,20)21/h2-9,15,22,24H,10H2,1H3. The molecule has 0 saturated heterocycles. The van der Waals surface area contributed by atoms with Crippen molar-refractivity contribution >= 4 is 5.71 Å². The van der Waals surface area contributed by atoms with Gasteiger partial charge in [-0.05, 0) is 48.4 Å². The largest absolute Gasteiger partial charge is 0.435 e. The number of H-pyrrole nitrogens is 1. The van der Waals surface area contributed by atoms with Gasteiger partial charge in [-0.25, -0.2) is 4.68 Å². The first-order valence-corrected chi connectivity index (χ1v) is 8.11. The number of nitrogens with one attached hydrogen (secondary N) is 2. The van der Waals surface area contributed by atoms with Gasteiger partial charge in [-0.1, -0.05) is 6.07 Å². The maximum atomic E-state index is 12.7. The number of nitrogens with zero attached hydrogens (tertiary/aromatic N) is 3. The molecule has 1 atom stereocenters. The van der Waals surface area contributed by atoms with Crippen LogP contribution in [-0.2, 0) is 6.18 Å². The van der Waals surface area contributed by atoms with Crippen molar-refractivity contribution in [2.75, 3.05) is 0 Å². The maximum absolute atomic E-state index is 12.7. The Morgan fingerprint density at radius 1 is 1.19 bits per heavy atom. The van der Waals surface area contributed by atoms with Crippen molar-refractivity contribution in [1.29, 1.82) is 0 Å². The Balaban J connectivity index is 1.56. The van der Waals surface area contributed by atoms with Gasteiger partial charge in [0.25, 0.3) is 0 Å². The van der Waals surface area contributed by atoms with Gasteiger partial charge in [0.2, 0.25) is 0 Å². The second-order valence-corrected chi connectivity index (χ2v) is 6.21. The van der Waals surface area contributed by atoms with E-state index in [4.69, 9.17) is 0 Å². The molecule has 2 N–H and O–H groups in total. The van der Waals surface area contributed by atoms with E-state index in [1.54, 1.807) is 6.07 Å². The molecule has 1 aliphatic heterocycles. The zero-order chi connectivity index (χ0) is 18.3. The van der Waals surface area contributed by atoms with Gasteiger partial charge in [0.05, 0.1) is 17.4 Å². The Kier molecular flexibility index (Phi) is 3.82. The summed E-state index contributed by atoms with van der Waals surface area (Å²) < 4.78 is 39.5. The van der Waals surface area contributed by atoms with Gasteiger partial charge in [-0.3, -0.25) is 0 Å². The molecule has 0 aliphatic carbocycles. The van der Waals surface area contributed by atoms with Crippen LogP contribution in [0, 0.1) is 6.92 Å². The third kappa shape index (κ3) is 2.98. The minimum absolute atomic E-state index is 0.0976. The monoisotopic (exact) mass is 359 g/mol. The third-order valence-electron chi connectivity index (χ3n) is 4.41. The smallest absolute Gasteiger partial charge is 0.363 e. The van der Waals surface area contributed by atoms with Crippen molar-refractivity contribution in [1.82, 2.24) is 20.2 Å². The molecule has 0 radical (unpaired) electrons. The lowest BCUT2D eigenvalue weighted by molar-refractivity contribution is -0.141. The highest BCUT2D eigenvalue weighted by atomic mass is 19.4. The van der Waals surface area contributed by atoms with Gasteiger partial charge in [0.15, 0.2) is 5.69 Å². The van der Waals surface area contributed by atoms with E-state index >= 15 is 0 Å². The highest BCUT2D eigenvalue weighted by molar-refractivity contribution is 6.02. The fraction of sp³-hybridized carbons (Fsp3) is 0.222. The van der Waals surface area contributed by atoms with Crippen LogP contribution in [0.25, 0.3) is 5.69 Å². The van der Waals surface area contributed by atoms with E-state index in [1.807, 2.05) is 37.4 Å². The molecule has 0 amide bonds. The van der Waals surface area contributed by atoms with Gasteiger partial charge < -0.3 is 10.4 Å². The van der Waals surface area contributed by atoms with Crippen molar-refractivity contribution in [3.05, 3.63) is 71.3 Å². The number of aryl methyl sites for hydroxylation is 1. The van der Waals surface area contributed by atoms with E-state index < -0.39 is 11.9 Å². The molecular formula is C18H16F3N5. The number of halogens is 3. The summed E-state index contributed by atoms with van der Waals surface area (Å²) in [6, 6.07) is 10.5. The Hall–Kier alpha value is -3.03. The fourth-order valence-electron chi connectivity index (χ4n) is 3.06. The van der Waals surface area contributed by atoms with Crippen LogP contribution in [0.3, 0.4) is 0 Å². The second kappa shape index (κ2) is 6.05. The number of hydrogen-bond donors (Lipinski definition) is 2. The molecule has 1 unspecified atom stereocenters. The molecule has 1 aliphatic rings. The van der Waals surface area contributed by atoms with Crippen LogP contribution in [0.15, 0.2) is 53.9 Å². The van der Waals surface area contributed by atoms with Crippen LogP contribution in [0.4, 0.5) is 13.2 Å². The first-order valence-electron chi connectivity index (χ1n) is 8.11. The summed E-state index contributed by atoms with van der Waals surface area (Å²) in [4.78, 5) is 3.17. The van der Waals surface area contributed by atoms with E-state index in [9.17, 15) is 13.2 Å². The third-order valence-corrected chi connectivity index (χ3v) is 4.41. The number of hydrazone groups is 1. The van der Waals surface area contributed by atoms with E-state index in [0.29, 0.717) is 5.69 Å². The van der Waals surface area contributed by atoms with Crippen molar-refractivity contribution in [2.24, 2.45) is 5.10 Å². The SMILES string of the molecule is Cc1cc(C2=NNC(c3ccc[nH]3)C2)ccc1-n1ccc(C(F)(F)F)n1. The molecule has 4 rings (SSSR count). The number of aromatic amines is 1. The quantitative estimate of drug-likeness (QED) is 0.744. The molecule has 5 nitrogen and oxygen atoms in total.